The summed E-state index contributed by atoms with van der Waals surface area (Å²) in [5, 5.41) is 0. The molecule has 5 heteroatoms. The second kappa shape index (κ2) is 7.33. The van der Waals surface area contributed by atoms with Gasteiger partial charge in [-0.05, 0) is 66.9 Å². The molecular weight excluding hydrogens is 432 g/mol. The highest BCUT2D eigenvalue weighted by molar-refractivity contribution is 8.03. The second-order valence-electron chi connectivity index (χ2n) is 11.6. The summed E-state index contributed by atoms with van der Waals surface area (Å²) in [5.41, 5.74) is 1.75. The normalized spacial score (nSPS) is 42.7. The van der Waals surface area contributed by atoms with E-state index >= 15 is 0 Å². The predicted molar refractivity (Wildman–Crippen MR) is 128 cm³/mol. The lowest BCUT2D eigenvalue weighted by Gasteiger charge is -2.64. The maximum absolute atomic E-state index is 6.50. The first-order valence-corrected chi connectivity index (χ1v) is 13.8. The molecule has 1 aromatic rings. The Morgan fingerprint density at radius 2 is 1.42 bits per heavy atom. The van der Waals surface area contributed by atoms with Gasteiger partial charge in [-0.15, -0.1) is 0 Å². The molecule has 178 valence electrons. The van der Waals surface area contributed by atoms with Crippen LogP contribution >= 0.6 is 11.8 Å². The van der Waals surface area contributed by atoms with Gasteiger partial charge in [0.15, 0.2) is 11.6 Å². The number of hydrogen-bond donors (Lipinski definition) is 0. The minimum absolute atomic E-state index is 0.0387. The maximum atomic E-state index is 6.50. The Labute approximate surface area is 201 Å². The van der Waals surface area contributed by atoms with Crippen molar-refractivity contribution in [3.63, 3.8) is 0 Å². The summed E-state index contributed by atoms with van der Waals surface area (Å²) < 4.78 is 25.9. The van der Waals surface area contributed by atoms with E-state index in [2.05, 4.69) is 44.2 Å². The van der Waals surface area contributed by atoms with Crippen LogP contribution in [0.1, 0.15) is 58.8 Å². The maximum Gasteiger partial charge on any atom is 0.174 e. The first-order chi connectivity index (χ1) is 16.0. The predicted octanol–water partition coefficient (Wildman–Crippen LogP) is 6.17. The summed E-state index contributed by atoms with van der Waals surface area (Å²) in [4.78, 5) is 2.93. The van der Waals surface area contributed by atoms with E-state index in [1.165, 1.54) is 17.7 Å². The Kier molecular flexibility index (Phi) is 4.76. The number of rotatable bonds is 2. The number of benzene rings is 1. The fourth-order valence-corrected chi connectivity index (χ4v) is 10.2. The minimum Gasteiger partial charge on any atom is -0.347 e. The van der Waals surface area contributed by atoms with Crippen LogP contribution in [0.4, 0.5) is 0 Å². The summed E-state index contributed by atoms with van der Waals surface area (Å²) in [6.45, 7) is 7.94. The van der Waals surface area contributed by atoms with E-state index in [1.54, 1.807) is 10.5 Å². The van der Waals surface area contributed by atoms with Gasteiger partial charge in [0, 0.05) is 28.6 Å². The molecule has 2 heterocycles. The van der Waals surface area contributed by atoms with Gasteiger partial charge in [-0.25, -0.2) is 0 Å². The van der Waals surface area contributed by atoms with Gasteiger partial charge < -0.3 is 18.9 Å². The van der Waals surface area contributed by atoms with Crippen molar-refractivity contribution in [3.8, 4) is 0 Å². The molecule has 4 aliphatic carbocycles. The molecule has 0 N–H and O–H groups in total. The van der Waals surface area contributed by atoms with Crippen LogP contribution in [0.2, 0.25) is 0 Å². The third-order valence-electron chi connectivity index (χ3n) is 10.4. The van der Waals surface area contributed by atoms with Crippen LogP contribution in [0.25, 0.3) is 0 Å². The van der Waals surface area contributed by atoms with Crippen LogP contribution in [-0.4, -0.2) is 38.0 Å². The molecule has 4 nitrogen and oxygen atoms in total. The molecule has 6 aliphatic rings. The summed E-state index contributed by atoms with van der Waals surface area (Å²) in [7, 11) is 0. The van der Waals surface area contributed by atoms with Crippen LogP contribution in [0.15, 0.2) is 45.7 Å². The summed E-state index contributed by atoms with van der Waals surface area (Å²) in [6, 6.07) is 10.9. The van der Waals surface area contributed by atoms with E-state index in [1.807, 2.05) is 11.8 Å². The van der Waals surface area contributed by atoms with Crippen molar-refractivity contribution < 1.29 is 18.9 Å². The summed E-state index contributed by atoms with van der Waals surface area (Å²) >= 11 is 2.00. The van der Waals surface area contributed by atoms with Crippen LogP contribution in [0.3, 0.4) is 0 Å². The van der Waals surface area contributed by atoms with Gasteiger partial charge >= 0.3 is 0 Å². The highest BCUT2D eigenvalue weighted by atomic mass is 32.2. The molecule has 0 aromatic heterocycles. The molecule has 0 bridgehead atoms. The third kappa shape index (κ3) is 2.75. The quantitative estimate of drug-likeness (QED) is 0.519. The fraction of sp³-hybridized carbons (Fsp3) is 0.714. The molecule has 33 heavy (non-hydrogen) atoms. The Balaban J connectivity index is 1.36. The van der Waals surface area contributed by atoms with Gasteiger partial charge in [0.25, 0.3) is 0 Å². The number of thioether (sulfide) groups is 1. The lowest BCUT2D eigenvalue weighted by atomic mass is 9.44. The molecule has 7 rings (SSSR count). The van der Waals surface area contributed by atoms with Crippen molar-refractivity contribution in [2.24, 2.45) is 28.6 Å². The van der Waals surface area contributed by atoms with Crippen molar-refractivity contribution in [1.29, 1.82) is 0 Å². The average Bonchev–Trinajstić information content (AvgIpc) is 3.55. The zero-order valence-corrected chi connectivity index (χ0v) is 20.8. The molecule has 2 aliphatic heterocycles. The van der Waals surface area contributed by atoms with Crippen molar-refractivity contribution in [1.82, 2.24) is 0 Å². The zero-order valence-electron chi connectivity index (χ0n) is 19.9. The van der Waals surface area contributed by atoms with Crippen molar-refractivity contribution >= 4 is 11.8 Å². The van der Waals surface area contributed by atoms with E-state index in [9.17, 15) is 0 Å². The number of hydrogen-bond acceptors (Lipinski definition) is 5. The molecule has 1 aromatic carbocycles. The van der Waals surface area contributed by atoms with Gasteiger partial charge in [-0.1, -0.05) is 49.4 Å². The van der Waals surface area contributed by atoms with Gasteiger partial charge in [0.1, 0.15) is 0 Å². The van der Waals surface area contributed by atoms with Gasteiger partial charge in [0.2, 0.25) is 0 Å². The fourth-order valence-electron chi connectivity index (χ4n) is 9.04. The Morgan fingerprint density at radius 3 is 2.12 bits per heavy atom. The Morgan fingerprint density at radius 1 is 0.788 bits per heavy atom. The van der Waals surface area contributed by atoms with Crippen molar-refractivity contribution in [2.45, 2.75) is 75.3 Å². The minimum atomic E-state index is -0.396. The molecule has 0 unspecified atom stereocenters. The molecule has 0 radical (unpaired) electrons. The Hall–Kier alpha value is -0.850. The molecule has 0 amide bonds. The first kappa shape index (κ1) is 21.4. The monoisotopic (exact) mass is 468 g/mol. The van der Waals surface area contributed by atoms with Crippen molar-refractivity contribution in [3.05, 3.63) is 40.8 Å². The molecule has 2 spiro atoms. The van der Waals surface area contributed by atoms with Crippen molar-refractivity contribution in [2.75, 3.05) is 26.4 Å². The van der Waals surface area contributed by atoms with Gasteiger partial charge in [0.05, 0.1) is 26.4 Å². The topological polar surface area (TPSA) is 36.9 Å². The van der Waals surface area contributed by atoms with Crippen LogP contribution in [0.5, 0.6) is 0 Å². The summed E-state index contributed by atoms with van der Waals surface area (Å²) in [6.07, 6.45) is 7.81. The average molecular weight is 469 g/mol. The zero-order chi connectivity index (χ0) is 22.3. The molecule has 3 saturated carbocycles. The van der Waals surface area contributed by atoms with Crippen LogP contribution < -0.4 is 0 Å². The smallest absolute Gasteiger partial charge is 0.174 e. The van der Waals surface area contributed by atoms with Crippen LogP contribution in [-0.2, 0) is 18.9 Å². The van der Waals surface area contributed by atoms with Crippen LogP contribution in [0, 0.1) is 28.6 Å². The number of ether oxygens (including phenoxy) is 4. The first-order valence-electron chi connectivity index (χ1n) is 13.0. The highest BCUT2D eigenvalue weighted by Crippen LogP contribution is 2.73. The number of allylic oxidation sites excluding steroid dienone is 2. The standard InChI is InChI=1S/C28H36O4S/c1-25-11-10-23(33-19-6-4-3-5-7-19)21-18-26(2)22(9-13-28(26)31-16-17-32-28)20(24(21)25)8-12-27(25)29-14-15-30-27/h3-7,20,22,24H,8-18H2,1-2H3/t20-,22-,24-,25+,26-/m1/s1. The van der Waals surface area contributed by atoms with E-state index in [0.29, 0.717) is 17.8 Å². The van der Waals surface area contributed by atoms with Gasteiger partial charge in [-0.2, -0.15) is 0 Å². The van der Waals surface area contributed by atoms with Gasteiger partial charge in [-0.3, -0.25) is 0 Å². The molecule has 2 saturated heterocycles. The molecule has 5 fully saturated rings. The lowest BCUT2D eigenvalue weighted by molar-refractivity contribution is -0.294. The highest BCUT2D eigenvalue weighted by Gasteiger charge is 2.72. The molecule has 5 atom stereocenters. The second-order valence-corrected chi connectivity index (χ2v) is 12.8. The van der Waals surface area contributed by atoms with E-state index < -0.39 is 5.79 Å². The largest absolute Gasteiger partial charge is 0.347 e. The lowest BCUT2D eigenvalue weighted by Crippen LogP contribution is -2.63. The number of fused-ring (bicyclic) bond motifs is 4. The SMILES string of the molecule is C[C@@]12CCC(Sc3ccccc3)=C3C[C@]4(C)[C@H](CCC45OCCO5)[C@@H](CCC14OCCO4)[C@H]32. The van der Waals surface area contributed by atoms with E-state index in [4.69, 9.17) is 18.9 Å². The Bertz CT molecular complexity index is 963. The molecular formula is C28H36O4S. The third-order valence-corrected chi connectivity index (χ3v) is 11.7. The van der Waals surface area contributed by atoms with E-state index in [-0.39, 0.29) is 16.6 Å². The summed E-state index contributed by atoms with van der Waals surface area (Å²) in [5.74, 6) is 1.04. The van der Waals surface area contributed by atoms with E-state index in [0.717, 1.165) is 58.5 Å².